The molecule has 1 aromatic heterocycles. The monoisotopic (exact) mass is 377 g/mol. The van der Waals surface area contributed by atoms with Crippen molar-refractivity contribution in [3.8, 4) is 22.9 Å². The molecule has 7 heteroatoms. The number of hydrogen-bond donors (Lipinski definition) is 1. The highest BCUT2D eigenvalue weighted by atomic mass is 16.7. The molecule has 1 amide bonds. The Morgan fingerprint density at radius 1 is 1.14 bits per heavy atom. The molecule has 28 heavy (non-hydrogen) atoms. The molecule has 3 aromatic rings. The minimum absolute atomic E-state index is 0.0372. The second kappa shape index (κ2) is 6.30. The van der Waals surface area contributed by atoms with Crippen LogP contribution in [0.15, 0.2) is 42.5 Å². The number of ether oxygens (including phenoxy) is 3. The molecule has 0 saturated carbocycles. The van der Waals surface area contributed by atoms with Crippen molar-refractivity contribution in [1.82, 2.24) is 9.78 Å². The summed E-state index contributed by atoms with van der Waals surface area (Å²) < 4.78 is 17.9. The number of hydrogen-bond acceptors (Lipinski definition) is 5. The minimum atomic E-state index is -0.0924. The van der Waals surface area contributed by atoms with E-state index in [1.54, 1.807) is 11.8 Å². The van der Waals surface area contributed by atoms with Crippen LogP contribution in [-0.4, -0.2) is 29.6 Å². The highest BCUT2D eigenvalue weighted by molar-refractivity contribution is 5.95. The fourth-order valence-electron chi connectivity index (χ4n) is 3.87. The van der Waals surface area contributed by atoms with Gasteiger partial charge in [-0.15, -0.1) is 0 Å². The van der Waals surface area contributed by atoms with E-state index in [0.717, 1.165) is 34.0 Å². The number of carbonyl (C=O) groups is 1. The van der Waals surface area contributed by atoms with Crippen LogP contribution in [0, 0.1) is 6.92 Å². The van der Waals surface area contributed by atoms with Crippen LogP contribution in [-0.2, 0) is 4.79 Å². The summed E-state index contributed by atoms with van der Waals surface area (Å²) >= 11 is 0. The molecule has 0 radical (unpaired) electrons. The molecular weight excluding hydrogens is 358 g/mol. The summed E-state index contributed by atoms with van der Waals surface area (Å²) in [5, 5.41) is 7.71. The number of nitrogens with one attached hydrogen (secondary N) is 1. The zero-order valence-corrected chi connectivity index (χ0v) is 15.6. The normalized spacial score (nSPS) is 17.2. The quantitative estimate of drug-likeness (QED) is 0.757. The zero-order chi connectivity index (χ0) is 19.3. The smallest absolute Gasteiger partial charge is 0.231 e. The molecular formula is C21H19N3O4. The Morgan fingerprint density at radius 2 is 1.93 bits per heavy atom. The predicted molar refractivity (Wildman–Crippen MR) is 103 cm³/mol. The molecule has 0 aliphatic carbocycles. The van der Waals surface area contributed by atoms with Crippen molar-refractivity contribution in [2.45, 2.75) is 19.3 Å². The highest BCUT2D eigenvalue weighted by Crippen LogP contribution is 2.43. The van der Waals surface area contributed by atoms with Crippen LogP contribution < -0.4 is 19.5 Å². The molecule has 0 unspecified atom stereocenters. The first kappa shape index (κ1) is 16.7. The van der Waals surface area contributed by atoms with Crippen LogP contribution in [0.5, 0.6) is 17.2 Å². The number of nitrogens with zero attached hydrogens (tertiary/aromatic N) is 2. The SMILES string of the molecule is COc1ccc(-n2nc(C)c3c2NC(=O)C[C@@H]3c2ccc3c(c2)OCO3)cc1. The Hall–Kier alpha value is -3.48. The Kier molecular flexibility index (Phi) is 3.75. The maximum atomic E-state index is 12.5. The van der Waals surface area contributed by atoms with Crippen molar-refractivity contribution in [1.29, 1.82) is 0 Å². The minimum Gasteiger partial charge on any atom is -0.497 e. The third kappa shape index (κ3) is 2.58. The predicted octanol–water partition coefficient (Wildman–Crippen LogP) is 3.39. The van der Waals surface area contributed by atoms with Crippen LogP contribution in [0.3, 0.4) is 0 Å². The number of methoxy groups -OCH3 is 1. The number of anilines is 1. The summed E-state index contributed by atoms with van der Waals surface area (Å²) in [5.74, 6) is 2.79. The first-order valence-corrected chi connectivity index (χ1v) is 9.07. The molecule has 2 aromatic carbocycles. The van der Waals surface area contributed by atoms with E-state index >= 15 is 0 Å². The molecule has 0 spiro atoms. The van der Waals surface area contributed by atoms with Crippen molar-refractivity contribution in [2.75, 3.05) is 19.2 Å². The maximum Gasteiger partial charge on any atom is 0.231 e. The summed E-state index contributed by atoms with van der Waals surface area (Å²) in [6, 6.07) is 13.4. The van der Waals surface area contributed by atoms with Crippen LogP contribution >= 0.6 is 0 Å². The number of aryl methyl sites for hydroxylation is 1. The topological polar surface area (TPSA) is 74.6 Å². The van der Waals surface area contributed by atoms with Gasteiger partial charge in [0.2, 0.25) is 12.7 Å². The first-order chi connectivity index (χ1) is 13.6. The van der Waals surface area contributed by atoms with Gasteiger partial charge in [-0.3, -0.25) is 4.79 Å². The molecule has 3 heterocycles. The summed E-state index contributed by atoms with van der Waals surface area (Å²) in [4.78, 5) is 12.5. The van der Waals surface area contributed by atoms with Crippen LogP contribution in [0.1, 0.15) is 29.2 Å². The summed E-state index contributed by atoms with van der Waals surface area (Å²) in [5.41, 5.74) is 3.78. The molecule has 7 nitrogen and oxygen atoms in total. The van der Waals surface area contributed by atoms with Gasteiger partial charge < -0.3 is 19.5 Å². The van der Waals surface area contributed by atoms with Crippen molar-refractivity contribution in [3.63, 3.8) is 0 Å². The number of rotatable bonds is 3. The second-order valence-corrected chi connectivity index (χ2v) is 6.88. The van der Waals surface area contributed by atoms with Gasteiger partial charge >= 0.3 is 0 Å². The number of aromatic nitrogens is 2. The lowest BCUT2D eigenvalue weighted by Gasteiger charge is -2.24. The molecule has 142 valence electrons. The largest absolute Gasteiger partial charge is 0.497 e. The van der Waals surface area contributed by atoms with Gasteiger partial charge in [-0.2, -0.15) is 5.10 Å². The maximum absolute atomic E-state index is 12.5. The van der Waals surface area contributed by atoms with Crippen molar-refractivity contribution in [3.05, 3.63) is 59.3 Å². The van der Waals surface area contributed by atoms with E-state index in [-0.39, 0.29) is 18.6 Å². The number of fused-ring (bicyclic) bond motifs is 2. The molecule has 0 fully saturated rings. The van der Waals surface area contributed by atoms with Crippen molar-refractivity contribution >= 4 is 11.7 Å². The lowest BCUT2D eigenvalue weighted by Crippen LogP contribution is -2.24. The zero-order valence-electron chi connectivity index (χ0n) is 15.6. The van der Waals surface area contributed by atoms with E-state index in [2.05, 4.69) is 5.32 Å². The Balaban J connectivity index is 1.61. The summed E-state index contributed by atoms with van der Waals surface area (Å²) in [6.45, 7) is 2.19. The van der Waals surface area contributed by atoms with E-state index in [1.165, 1.54) is 0 Å². The molecule has 5 rings (SSSR count). The van der Waals surface area contributed by atoms with Crippen LogP contribution in [0.2, 0.25) is 0 Å². The van der Waals surface area contributed by atoms with Gasteiger partial charge in [-0.25, -0.2) is 4.68 Å². The van der Waals surface area contributed by atoms with E-state index in [0.29, 0.717) is 18.0 Å². The van der Waals surface area contributed by atoms with E-state index in [9.17, 15) is 4.79 Å². The van der Waals surface area contributed by atoms with Gasteiger partial charge in [-0.1, -0.05) is 6.07 Å². The lowest BCUT2D eigenvalue weighted by molar-refractivity contribution is -0.116. The van der Waals surface area contributed by atoms with Gasteiger partial charge in [0.15, 0.2) is 11.5 Å². The fourth-order valence-corrected chi connectivity index (χ4v) is 3.87. The Morgan fingerprint density at radius 3 is 2.71 bits per heavy atom. The molecule has 0 saturated heterocycles. The molecule has 1 atom stereocenters. The van der Waals surface area contributed by atoms with Gasteiger partial charge in [-0.05, 0) is 48.9 Å². The van der Waals surface area contributed by atoms with E-state index < -0.39 is 0 Å². The van der Waals surface area contributed by atoms with Crippen LogP contribution in [0.4, 0.5) is 5.82 Å². The Bertz CT molecular complexity index is 1070. The first-order valence-electron chi connectivity index (χ1n) is 9.07. The molecule has 1 N–H and O–H groups in total. The Labute approximate surface area is 161 Å². The van der Waals surface area contributed by atoms with Gasteiger partial charge in [0.05, 0.1) is 18.5 Å². The van der Waals surface area contributed by atoms with E-state index in [4.69, 9.17) is 19.3 Å². The average Bonchev–Trinajstić information content (AvgIpc) is 3.31. The van der Waals surface area contributed by atoms with Crippen LogP contribution in [0.25, 0.3) is 5.69 Å². The van der Waals surface area contributed by atoms with E-state index in [1.807, 2.05) is 49.4 Å². The number of amides is 1. The number of benzene rings is 2. The van der Waals surface area contributed by atoms with Gasteiger partial charge in [0.25, 0.3) is 0 Å². The van der Waals surface area contributed by atoms with Crippen molar-refractivity contribution in [2.24, 2.45) is 0 Å². The third-order valence-electron chi connectivity index (χ3n) is 5.22. The van der Waals surface area contributed by atoms with Crippen molar-refractivity contribution < 1.29 is 19.0 Å². The van der Waals surface area contributed by atoms with Gasteiger partial charge in [0, 0.05) is 17.9 Å². The highest BCUT2D eigenvalue weighted by Gasteiger charge is 2.33. The second-order valence-electron chi connectivity index (χ2n) is 6.88. The van der Waals surface area contributed by atoms with Gasteiger partial charge in [0.1, 0.15) is 11.6 Å². The average molecular weight is 377 g/mol. The molecule has 2 aliphatic heterocycles. The fraction of sp³-hybridized carbons (Fsp3) is 0.238. The number of carbonyl (C=O) groups excluding carboxylic acids is 1. The molecule has 0 bridgehead atoms. The summed E-state index contributed by atoms with van der Waals surface area (Å²) in [6.07, 6.45) is 0.363. The lowest BCUT2D eigenvalue weighted by atomic mass is 9.85. The molecule has 2 aliphatic rings. The summed E-state index contributed by atoms with van der Waals surface area (Å²) in [7, 11) is 1.63. The third-order valence-corrected chi connectivity index (χ3v) is 5.22. The standard InChI is InChI=1S/C21H19N3O4/c1-12-20-16(13-3-8-17-18(9-13)28-11-27-17)10-19(25)22-21(20)24(23-12)14-4-6-15(26-2)7-5-14/h3-9,16H,10-11H2,1-2H3,(H,22,25)/t16-/m1/s1.